The van der Waals surface area contributed by atoms with E-state index in [0.717, 1.165) is 82.4 Å². The first-order valence-corrected chi connectivity index (χ1v) is 10.9. The van der Waals surface area contributed by atoms with Crippen molar-refractivity contribution in [2.24, 2.45) is 0 Å². The number of nitrogens with zero attached hydrogens (tertiary/aromatic N) is 6. The van der Waals surface area contributed by atoms with Crippen LogP contribution in [0.1, 0.15) is 50.3 Å². The lowest BCUT2D eigenvalue weighted by molar-refractivity contribution is 0.0774. The minimum Gasteiger partial charge on any atom is -0.381 e. The second-order valence-corrected chi connectivity index (χ2v) is 8.31. The third-order valence-corrected chi connectivity index (χ3v) is 6.40. The molecule has 0 radical (unpaired) electrons. The second kappa shape index (κ2) is 8.14. The van der Waals surface area contributed by atoms with Crippen molar-refractivity contribution in [3.63, 3.8) is 0 Å². The fourth-order valence-corrected chi connectivity index (χ4v) is 4.61. The monoisotopic (exact) mass is 399 g/mol. The molecule has 2 aromatic heterocycles. The standard InChI is InChI=1S/C20H29N7O2/c28-20(21-16-7-13-29-14-8-16)26-11-5-15(6-12-26)19-23-22-17-3-4-18(24-27(17)19)25-9-1-2-10-25/h3-4,15-16H,1-2,5-14H2,(H,21,28). The maximum atomic E-state index is 12.6. The predicted octanol–water partition coefficient (Wildman–Crippen LogP) is 1.79. The number of carbonyl (C=O) groups excluding carboxylic acids is 1. The average Bonchev–Trinajstić information content (AvgIpc) is 3.44. The molecule has 3 aliphatic heterocycles. The summed E-state index contributed by atoms with van der Waals surface area (Å²) in [7, 11) is 0. The van der Waals surface area contributed by atoms with Crippen molar-refractivity contribution < 1.29 is 9.53 Å². The van der Waals surface area contributed by atoms with Crippen LogP contribution in [-0.4, -0.2) is 76.2 Å². The highest BCUT2D eigenvalue weighted by molar-refractivity contribution is 5.74. The lowest BCUT2D eigenvalue weighted by atomic mass is 9.96. The van der Waals surface area contributed by atoms with Crippen molar-refractivity contribution >= 4 is 17.5 Å². The molecule has 29 heavy (non-hydrogen) atoms. The molecule has 9 heteroatoms. The van der Waals surface area contributed by atoms with E-state index in [1.165, 1.54) is 12.8 Å². The summed E-state index contributed by atoms with van der Waals surface area (Å²) < 4.78 is 7.28. The third-order valence-electron chi connectivity index (χ3n) is 6.40. The number of anilines is 1. The fourth-order valence-electron chi connectivity index (χ4n) is 4.61. The van der Waals surface area contributed by atoms with Gasteiger partial charge in [0.1, 0.15) is 5.82 Å². The molecule has 2 aromatic rings. The van der Waals surface area contributed by atoms with Crippen LogP contribution in [0.4, 0.5) is 10.6 Å². The van der Waals surface area contributed by atoms with Gasteiger partial charge in [0.05, 0.1) is 0 Å². The van der Waals surface area contributed by atoms with Crippen molar-refractivity contribution in [3.05, 3.63) is 18.0 Å². The number of ether oxygens (including phenoxy) is 1. The SMILES string of the molecule is O=C(NC1CCOCC1)N1CCC(c2nnc3ccc(N4CCCC4)nn23)CC1. The van der Waals surface area contributed by atoms with Crippen LogP contribution < -0.4 is 10.2 Å². The maximum Gasteiger partial charge on any atom is 0.317 e. The van der Waals surface area contributed by atoms with Crippen molar-refractivity contribution in [1.29, 1.82) is 0 Å². The van der Waals surface area contributed by atoms with E-state index in [2.05, 4.69) is 20.4 Å². The van der Waals surface area contributed by atoms with Gasteiger partial charge in [0.2, 0.25) is 0 Å². The molecule has 0 atom stereocenters. The molecule has 2 amide bonds. The molecule has 1 N–H and O–H groups in total. The van der Waals surface area contributed by atoms with Gasteiger partial charge in [0, 0.05) is 51.4 Å². The summed E-state index contributed by atoms with van der Waals surface area (Å²) >= 11 is 0. The van der Waals surface area contributed by atoms with Gasteiger partial charge in [-0.15, -0.1) is 15.3 Å². The third kappa shape index (κ3) is 3.88. The van der Waals surface area contributed by atoms with Gasteiger partial charge < -0.3 is 19.9 Å². The number of nitrogens with one attached hydrogen (secondary N) is 1. The first-order valence-electron chi connectivity index (χ1n) is 10.9. The Morgan fingerprint density at radius 1 is 1.00 bits per heavy atom. The van der Waals surface area contributed by atoms with E-state index in [0.29, 0.717) is 0 Å². The van der Waals surface area contributed by atoms with Crippen LogP contribution in [0.15, 0.2) is 12.1 Å². The molecule has 0 bridgehead atoms. The number of amides is 2. The summed E-state index contributed by atoms with van der Waals surface area (Å²) in [6.45, 7) is 5.08. The molecule has 3 aliphatic rings. The Morgan fingerprint density at radius 3 is 2.52 bits per heavy atom. The molecule has 0 saturated carbocycles. The molecule has 5 rings (SSSR count). The molecule has 9 nitrogen and oxygen atoms in total. The number of carbonyl (C=O) groups is 1. The lowest BCUT2D eigenvalue weighted by Gasteiger charge is -2.33. The number of hydrogen-bond acceptors (Lipinski definition) is 6. The summed E-state index contributed by atoms with van der Waals surface area (Å²) in [6, 6.07) is 4.34. The van der Waals surface area contributed by atoms with E-state index < -0.39 is 0 Å². The number of piperidine rings is 1. The summed E-state index contributed by atoms with van der Waals surface area (Å²) in [6.07, 6.45) is 6.03. The Hall–Kier alpha value is -2.42. The van der Waals surface area contributed by atoms with Crippen LogP contribution in [0.5, 0.6) is 0 Å². The Kier molecular flexibility index (Phi) is 5.22. The largest absolute Gasteiger partial charge is 0.381 e. The van der Waals surface area contributed by atoms with Crippen LogP contribution in [0.2, 0.25) is 0 Å². The summed E-state index contributed by atoms with van der Waals surface area (Å²) in [5.74, 6) is 2.20. The van der Waals surface area contributed by atoms with Crippen LogP contribution in [0, 0.1) is 0 Å². The van der Waals surface area contributed by atoms with Gasteiger partial charge in [0.15, 0.2) is 11.5 Å². The molecule has 0 aliphatic carbocycles. The normalized spacial score (nSPS) is 21.8. The number of rotatable bonds is 3. The smallest absolute Gasteiger partial charge is 0.317 e. The Balaban J connectivity index is 1.24. The number of hydrogen-bond donors (Lipinski definition) is 1. The molecule has 0 aromatic carbocycles. The zero-order valence-electron chi connectivity index (χ0n) is 16.8. The van der Waals surface area contributed by atoms with Crippen LogP contribution in [0.25, 0.3) is 5.65 Å². The van der Waals surface area contributed by atoms with Crippen molar-refractivity contribution in [2.75, 3.05) is 44.3 Å². The quantitative estimate of drug-likeness (QED) is 0.847. The molecular formula is C20H29N7O2. The highest BCUT2D eigenvalue weighted by Gasteiger charge is 2.29. The second-order valence-electron chi connectivity index (χ2n) is 8.31. The van der Waals surface area contributed by atoms with E-state index in [-0.39, 0.29) is 18.0 Å². The number of likely N-dealkylation sites (tertiary alicyclic amines) is 1. The first-order chi connectivity index (χ1) is 14.3. The van der Waals surface area contributed by atoms with E-state index in [1.54, 1.807) is 0 Å². The van der Waals surface area contributed by atoms with Crippen molar-refractivity contribution in [2.45, 2.75) is 50.5 Å². The number of aromatic nitrogens is 4. The number of urea groups is 1. The topological polar surface area (TPSA) is 87.9 Å². The van der Waals surface area contributed by atoms with Gasteiger partial charge in [-0.1, -0.05) is 0 Å². The molecule has 0 unspecified atom stereocenters. The van der Waals surface area contributed by atoms with Gasteiger partial charge in [-0.2, -0.15) is 4.52 Å². The highest BCUT2D eigenvalue weighted by Crippen LogP contribution is 2.28. The molecule has 156 valence electrons. The Bertz CT molecular complexity index is 850. The van der Waals surface area contributed by atoms with Gasteiger partial charge >= 0.3 is 6.03 Å². The van der Waals surface area contributed by atoms with Gasteiger partial charge in [-0.25, -0.2) is 4.79 Å². The minimum absolute atomic E-state index is 0.0518. The van der Waals surface area contributed by atoms with Crippen LogP contribution in [-0.2, 0) is 4.74 Å². The predicted molar refractivity (Wildman–Crippen MR) is 108 cm³/mol. The number of fused-ring (bicyclic) bond motifs is 1. The highest BCUT2D eigenvalue weighted by atomic mass is 16.5. The molecule has 3 fully saturated rings. The summed E-state index contributed by atoms with van der Waals surface area (Å²) in [5.41, 5.74) is 0.794. The minimum atomic E-state index is 0.0518. The van der Waals surface area contributed by atoms with E-state index >= 15 is 0 Å². The Morgan fingerprint density at radius 2 is 1.76 bits per heavy atom. The Labute approximate surface area is 170 Å². The van der Waals surface area contributed by atoms with E-state index in [9.17, 15) is 4.79 Å². The maximum absolute atomic E-state index is 12.6. The average molecular weight is 399 g/mol. The molecule has 3 saturated heterocycles. The van der Waals surface area contributed by atoms with Crippen LogP contribution >= 0.6 is 0 Å². The zero-order chi connectivity index (χ0) is 19.6. The van der Waals surface area contributed by atoms with Crippen molar-refractivity contribution in [1.82, 2.24) is 30.0 Å². The van der Waals surface area contributed by atoms with Crippen LogP contribution in [0.3, 0.4) is 0 Å². The molecular weight excluding hydrogens is 370 g/mol. The lowest BCUT2D eigenvalue weighted by Crippen LogP contribution is -2.49. The molecule has 5 heterocycles. The first kappa shape index (κ1) is 18.6. The summed E-state index contributed by atoms with van der Waals surface area (Å²) in [5, 5.41) is 16.8. The van der Waals surface area contributed by atoms with Gasteiger partial charge in [-0.05, 0) is 50.7 Å². The van der Waals surface area contributed by atoms with Gasteiger partial charge in [-0.3, -0.25) is 0 Å². The fraction of sp³-hybridized carbons (Fsp3) is 0.700. The van der Waals surface area contributed by atoms with E-state index in [4.69, 9.17) is 9.84 Å². The van der Waals surface area contributed by atoms with Crippen molar-refractivity contribution in [3.8, 4) is 0 Å². The molecule has 0 spiro atoms. The van der Waals surface area contributed by atoms with E-state index in [1.807, 2.05) is 21.5 Å². The van der Waals surface area contributed by atoms with Gasteiger partial charge in [0.25, 0.3) is 0 Å². The summed E-state index contributed by atoms with van der Waals surface area (Å²) in [4.78, 5) is 16.8. The zero-order valence-corrected chi connectivity index (χ0v) is 16.8.